The number of aliphatic carboxylic acids is 1. The summed E-state index contributed by atoms with van der Waals surface area (Å²) in [7, 11) is 0. The zero-order chi connectivity index (χ0) is 14.9. The number of hydrogen-bond donors (Lipinski definition) is 1. The maximum absolute atomic E-state index is 12.1. The Balaban J connectivity index is 2.29. The van der Waals surface area contributed by atoms with Crippen molar-refractivity contribution in [3.05, 3.63) is 29.8 Å². The lowest BCUT2D eigenvalue weighted by Gasteiger charge is -2.34. The molecular formula is C15H17NO4. The Hall–Kier alpha value is -2.17. The Labute approximate surface area is 117 Å². The zero-order valence-electron chi connectivity index (χ0n) is 11.5. The fourth-order valence-corrected chi connectivity index (χ4v) is 2.45. The molecule has 0 unspecified atom stereocenters. The minimum atomic E-state index is -0.945. The van der Waals surface area contributed by atoms with Crippen LogP contribution in [-0.2, 0) is 20.8 Å². The van der Waals surface area contributed by atoms with Crippen molar-refractivity contribution in [3.8, 4) is 0 Å². The minimum Gasteiger partial charge on any atom is -0.481 e. The van der Waals surface area contributed by atoms with Crippen molar-refractivity contribution in [2.24, 2.45) is 5.41 Å². The lowest BCUT2D eigenvalue weighted by molar-refractivity contribution is -0.136. The van der Waals surface area contributed by atoms with Crippen LogP contribution < -0.4 is 4.90 Å². The molecule has 0 saturated carbocycles. The van der Waals surface area contributed by atoms with Crippen molar-refractivity contribution in [2.45, 2.75) is 33.1 Å². The maximum atomic E-state index is 12.1. The maximum Gasteiger partial charge on any atom is 0.307 e. The number of anilines is 1. The summed E-state index contributed by atoms with van der Waals surface area (Å²) in [5, 5.41) is 8.79. The molecule has 1 N–H and O–H groups in total. The van der Waals surface area contributed by atoms with Crippen LogP contribution in [0.25, 0.3) is 0 Å². The number of imide groups is 1. The molecule has 106 valence electrons. The predicted molar refractivity (Wildman–Crippen MR) is 73.3 cm³/mol. The summed E-state index contributed by atoms with van der Waals surface area (Å²) in [5.74, 6) is -1.42. The Morgan fingerprint density at radius 3 is 2.40 bits per heavy atom. The van der Waals surface area contributed by atoms with Gasteiger partial charge in [0.15, 0.2) is 0 Å². The van der Waals surface area contributed by atoms with Gasteiger partial charge in [0, 0.05) is 12.8 Å². The first-order chi connectivity index (χ1) is 9.28. The molecule has 0 aliphatic carbocycles. The SMILES string of the molecule is CC1(C)CC(=O)N(c2cccc(CC(=O)O)c2)C(=O)C1. The summed E-state index contributed by atoms with van der Waals surface area (Å²) in [6, 6.07) is 6.57. The van der Waals surface area contributed by atoms with E-state index < -0.39 is 5.97 Å². The molecule has 5 nitrogen and oxygen atoms in total. The largest absolute Gasteiger partial charge is 0.481 e. The number of piperidine rings is 1. The van der Waals surface area contributed by atoms with Crippen LogP contribution in [0.2, 0.25) is 0 Å². The average molecular weight is 275 g/mol. The number of nitrogens with zero attached hydrogens (tertiary/aromatic N) is 1. The number of carbonyl (C=O) groups excluding carboxylic acids is 2. The van der Waals surface area contributed by atoms with Crippen LogP contribution in [-0.4, -0.2) is 22.9 Å². The molecule has 0 bridgehead atoms. The predicted octanol–water partition coefficient (Wildman–Crippen LogP) is 1.99. The minimum absolute atomic E-state index is 0.129. The molecule has 5 heteroatoms. The standard InChI is InChI=1S/C15H17NO4/c1-15(2)8-12(17)16(13(18)9-15)11-5-3-4-10(6-11)7-14(19)20/h3-6H,7-9H2,1-2H3,(H,19,20). The highest BCUT2D eigenvalue weighted by Crippen LogP contribution is 2.34. The van der Waals surface area contributed by atoms with Crippen LogP contribution in [0.5, 0.6) is 0 Å². The van der Waals surface area contributed by atoms with Gasteiger partial charge in [0.25, 0.3) is 0 Å². The van der Waals surface area contributed by atoms with E-state index in [0.717, 1.165) is 4.90 Å². The second-order valence-corrected chi connectivity index (χ2v) is 5.88. The van der Waals surface area contributed by atoms with Crippen LogP contribution in [0.4, 0.5) is 5.69 Å². The topological polar surface area (TPSA) is 74.7 Å². The fraction of sp³-hybridized carbons (Fsp3) is 0.400. The molecule has 1 heterocycles. The van der Waals surface area contributed by atoms with Gasteiger partial charge in [-0.3, -0.25) is 19.3 Å². The summed E-state index contributed by atoms with van der Waals surface area (Å²) in [6.45, 7) is 3.78. The molecule has 1 aliphatic rings. The number of carbonyl (C=O) groups is 3. The molecule has 20 heavy (non-hydrogen) atoms. The lowest BCUT2D eigenvalue weighted by atomic mass is 9.81. The molecule has 0 atom stereocenters. The highest BCUT2D eigenvalue weighted by molar-refractivity contribution is 6.16. The number of rotatable bonds is 3. The Morgan fingerprint density at radius 1 is 1.25 bits per heavy atom. The van der Waals surface area contributed by atoms with Gasteiger partial charge in [0.2, 0.25) is 11.8 Å². The van der Waals surface area contributed by atoms with E-state index in [1.807, 2.05) is 13.8 Å². The number of hydrogen-bond acceptors (Lipinski definition) is 3. The quantitative estimate of drug-likeness (QED) is 0.856. The number of amides is 2. The van der Waals surface area contributed by atoms with E-state index in [9.17, 15) is 14.4 Å². The molecule has 2 rings (SSSR count). The molecule has 0 aromatic heterocycles. The van der Waals surface area contributed by atoms with E-state index in [0.29, 0.717) is 24.1 Å². The van der Waals surface area contributed by atoms with Crippen molar-refractivity contribution >= 4 is 23.5 Å². The molecule has 1 fully saturated rings. The third-order valence-corrected chi connectivity index (χ3v) is 3.28. The van der Waals surface area contributed by atoms with E-state index in [1.165, 1.54) is 0 Å². The van der Waals surface area contributed by atoms with Gasteiger partial charge >= 0.3 is 5.97 Å². The molecule has 1 aromatic rings. The van der Waals surface area contributed by atoms with Crippen LogP contribution in [0.15, 0.2) is 24.3 Å². The zero-order valence-corrected chi connectivity index (χ0v) is 11.5. The van der Waals surface area contributed by atoms with E-state index in [2.05, 4.69) is 0 Å². The number of carboxylic acids is 1. The van der Waals surface area contributed by atoms with Gasteiger partial charge in [-0.05, 0) is 23.1 Å². The van der Waals surface area contributed by atoms with Gasteiger partial charge in [-0.15, -0.1) is 0 Å². The van der Waals surface area contributed by atoms with Crippen molar-refractivity contribution in [3.63, 3.8) is 0 Å². The smallest absolute Gasteiger partial charge is 0.307 e. The van der Waals surface area contributed by atoms with Crippen LogP contribution in [0.3, 0.4) is 0 Å². The van der Waals surface area contributed by atoms with Gasteiger partial charge in [0.05, 0.1) is 12.1 Å². The molecule has 1 aromatic carbocycles. The summed E-state index contributed by atoms with van der Waals surface area (Å²) in [4.78, 5) is 36.2. The molecule has 0 spiro atoms. The van der Waals surface area contributed by atoms with Gasteiger partial charge < -0.3 is 5.11 Å². The van der Waals surface area contributed by atoms with Crippen molar-refractivity contribution in [2.75, 3.05) is 4.90 Å². The van der Waals surface area contributed by atoms with Gasteiger partial charge in [-0.1, -0.05) is 26.0 Å². The second kappa shape index (κ2) is 5.07. The second-order valence-electron chi connectivity index (χ2n) is 5.88. The average Bonchev–Trinajstić information content (AvgIpc) is 2.25. The van der Waals surface area contributed by atoms with Crippen LogP contribution in [0.1, 0.15) is 32.3 Å². The monoisotopic (exact) mass is 275 g/mol. The lowest BCUT2D eigenvalue weighted by Crippen LogP contribution is -2.46. The molecule has 1 saturated heterocycles. The van der Waals surface area contributed by atoms with E-state index in [4.69, 9.17) is 5.11 Å². The summed E-state index contributed by atoms with van der Waals surface area (Å²) >= 11 is 0. The Bertz CT molecular complexity index is 557. The highest BCUT2D eigenvalue weighted by Gasteiger charge is 2.38. The van der Waals surface area contributed by atoms with Crippen molar-refractivity contribution in [1.82, 2.24) is 0 Å². The normalized spacial score (nSPS) is 18.2. The van der Waals surface area contributed by atoms with Crippen LogP contribution in [0, 0.1) is 5.41 Å². The molecular weight excluding hydrogens is 258 g/mol. The first-order valence-electron chi connectivity index (χ1n) is 6.45. The van der Waals surface area contributed by atoms with Gasteiger partial charge in [-0.25, -0.2) is 0 Å². The molecule has 2 amide bonds. The third kappa shape index (κ3) is 3.04. The molecule has 1 aliphatic heterocycles. The summed E-state index contributed by atoms with van der Waals surface area (Å²) in [5.41, 5.74) is 0.707. The van der Waals surface area contributed by atoms with Crippen molar-refractivity contribution < 1.29 is 19.5 Å². The Kier molecular flexibility index (Phi) is 3.61. The summed E-state index contributed by atoms with van der Waals surface area (Å²) < 4.78 is 0. The molecule has 0 radical (unpaired) electrons. The highest BCUT2D eigenvalue weighted by atomic mass is 16.4. The van der Waals surface area contributed by atoms with Crippen molar-refractivity contribution in [1.29, 1.82) is 0 Å². The van der Waals surface area contributed by atoms with E-state index in [1.54, 1.807) is 24.3 Å². The van der Waals surface area contributed by atoms with E-state index in [-0.39, 0.29) is 23.7 Å². The number of carboxylic acid groups (broad SMARTS) is 1. The third-order valence-electron chi connectivity index (χ3n) is 3.28. The fourth-order valence-electron chi connectivity index (χ4n) is 2.45. The van der Waals surface area contributed by atoms with Crippen LogP contribution >= 0.6 is 0 Å². The van der Waals surface area contributed by atoms with Gasteiger partial charge in [-0.2, -0.15) is 0 Å². The first kappa shape index (κ1) is 14.2. The van der Waals surface area contributed by atoms with E-state index >= 15 is 0 Å². The summed E-state index contributed by atoms with van der Waals surface area (Å²) in [6.07, 6.45) is 0.485. The van der Waals surface area contributed by atoms with Gasteiger partial charge in [0.1, 0.15) is 0 Å². The Morgan fingerprint density at radius 2 is 1.85 bits per heavy atom. The first-order valence-corrected chi connectivity index (χ1v) is 6.45. The number of benzene rings is 1.